The molecule has 2 aromatic carbocycles. The van der Waals surface area contributed by atoms with Crippen LogP contribution in [0.3, 0.4) is 0 Å². The molecule has 0 saturated carbocycles. The van der Waals surface area contributed by atoms with Gasteiger partial charge in [0.05, 0.1) is 16.2 Å². The Morgan fingerprint density at radius 1 is 1.30 bits per heavy atom. The maximum atomic E-state index is 12.8. The first-order valence-corrected chi connectivity index (χ1v) is 8.28. The van der Waals surface area contributed by atoms with Crippen molar-refractivity contribution in [1.29, 1.82) is 0 Å². The molecule has 0 aliphatic rings. The lowest BCUT2D eigenvalue weighted by Gasteiger charge is -2.13. The molecule has 6 heteroatoms. The highest BCUT2D eigenvalue weighted by molar-refractivity contribution is 8.00. The van der Waals surface area contributed by atoms with Crippen LogP contribution in [0.25, 0.3) is 21.7 Å². The predicted octanol–water partition coefficient (Wildman–Crippen LogP) is 2.54. The summed E-state index contributed by atoms with van der Waals surface area (Å²) in [5.41, 5.74) is 5.87. The molecule has 0 radical (unpaired) electrons. The van der Waals surface area contributed by atoms with Crippen molar-refractivity contribution in [3.63, 3.8) is 0 Å². The maximum Gasteiger partial charge on any atom is 0.262 e. The molecule has 0 bridgehead atoms. The van der Waals surface area contributed by atoms with Gasteiger partial charge in [0.15, 0.2) is 5.16 Å². The van der Waals surface area contributed by atoms with Gasteiger partial charge in [0, 0.05) is 6.54 Å². The van der Waals surface area contributed by atoms with Crippen LogP contribution in [-0.4, -0.2) is 20.7 Å². The van der Waals surface area contributed by atoms with Crippen LogP contribution in [-0.2, 0) is 11.3 Å². The molecule has 0 spiro atoms. The van der Waals surface area contributed by atoms with Crippen LogP contribution in [0.4, 0.5) is 0 Å². The number of rotatable bonds is 4. The number of primary amides is 1. The Hall–Kier alpha value is -2.34. The van der Waals surface area contributed by atoms with Gasteiger partial charge in [0.25, 0.3) is 5.56 Å². The van der Waals surface area contributed by atoms with Gasteiger partial charge in [-0.15, -0.1) is 0 Å². The van der Waals surface area contributed by atoms with E-state index in [1.165, 1.54) is 11.8 Å². The Balaban J connectivity index is 2.26. The van der Waals surface area contributed by atoms with Crippen LogP contribution in [0, 0.1) is 0 Å². The summed E-state index contributed by atoms with van der Waals surface area (Å²) < 4.78 is 1.58. The monoisotopic (exact) mass is 327 g/mol. The number of nitrogens with zero attached hydrogens (tertiary/aromatic N) is 2. The number of aromatic nitrogens is 2. The molecule has 1 atom stereocenters. The van der Waals surface area contributed by atoms with Gasteiger partial charge in [0.2, 0.25) is 5.91 Å². The van der Waals surface area contributed by atoms with Crippen LogP contribution in [0.1, 0.15) is 13.8 Å². The van der Waals surface area contributed by atoms with Gasteiger partial charge in [-0.1, -0.05) is 36.0 Å². The quantitative estimate of drug-likeness (QED) is 0.454. The molecule has 118 valence electrons. The summed E-state index contributed by atoms with van der Waals surface area (Å²) in [7, 11) is 0. The molecule has 23 heavy (non-hydrogen) atoms. The van der Waals surface area contributed by atoms with Crippen molar-refractivity contribution in [3.8, 4) is 0 Å². The van der Waals surface area contributed by atoms with E-state index < -0.39 is 11.2 Å². The molecule has 1 aromatic heterocycles. The van der Waals surface area contributed by atoms with Crippen molar-refractivity contribution in [3.05, 3.63) is 46.8 Å². The first-order chi connectivity index (χ1) is 11.0. The fourth-order valence-electron chi connectivity index (χ4n) is 2.47. The standard InChI is InChI=1S/C17H17N3O2S/c1-3-20-16(22)13-8-11-6-4-5-7-12(11)9-14(13)19-17(20)23-10(2)15(18)21/h4-10H,3H2,1-2H3,(H2,18,21)/t10-/m1/s1. The van der Waals surface area contributed by atoms with E-state index in [0.717, 1.165) is 10.8 Å². The number of nitrogens with two attached hydrogens (primary N) is 1. The minimum atomic E-state index is -0.447. The molecule has 3 aromatic rings. The summed E-state index contributed by atoms with van der Waals surface area (Å²) in [6, 6.07) is 11.6. The lowest BCUT2D eigenvalue weighted by molar-refractivity contribution is -0.117. The van der Waals surface area contributed by atoms with E-state index in [1.807, 2.05) is 43.3 Å². The molecule has 3 rings (SSSR count). The van der Waals surface area contributed by atoms with Gasteiger partial charge in [-0.3, -0.25) is 14.2 Å². The van der Waals surface area contributed by atoms with E-state index >= 15 is 0 Å². The minimum absolute atomic E-state index is 0.0950. The molecule has 0 fully saturated rings. The second-order valence-electron chi connectivity index (χ2n) is 5.32. The Labute approximate surface area is 137 Å². The third-order valence-electron chi connectivity index (χ3n) is 3.79. The maximum absolute atomic E-state index is 12.8. The Kier molecular flexibility index (Phi) is 4.09. The van der Waals surface area contributed by atoms with Crippen molar-refractivity contribution >= 4 is 39.3 Å². The van der Waals surface area contributed by atoms with Gasteiger partial charge in [-0.2, -0.15) is 0 Å². The number of amides is 1. The first kappa shape index (κ1) is 15.6. The Morgan fingerprint density at radius 3 is 2.57 bits per heavy atom. The highest BCUT2D eigenvalue weighted by Crippen LogP contribution is 2.24. The van der Waals surface area contributed by atoms with E-state index in [2.05, 4.69) is 4.98 Å². The largest absolute Gasteiger partial charge is 0.369 e. The van der Waals surface area contributed by atoms with Crippen LogP contribution >= 0.6 is 11.8 Å². The number of carbonyl (C=O) groups is 1. The molecule has 5 nitrogen and oxygen atoms in total. The van der Waals surface area contributed by atoms with Gasteiger partial charge < -0.3 is 5.73 Å². The normalized spacial score (nSPS) is 12.6. The average molecular weight is 327 g/mol. The fraction of sp³-hybridized carbons (Fsp3) is 0.235. The number of thioether (sulfide) groups is 1. The van der Waals surface area contributed by atoms with Crippen LogP contribution < -0.4 is 11.3 Å². The molecule has 1 heterocycles. The Bertz CT molecular complexity index is 965. The summed E-state index contributed by atoms with van der Waals surface area (Å²) in [5, 5.41) is 2.69. The van der Waals surface area contributed by atoms with Gasteiger partial charge in [0.1, 0.15) is 0 Å². The number of hydrogen-bond donors (Lipinski definition) is 1. The van der Waals surface area contributed by atoms with Crippen LogP contribution in [0.15, 0.2) is 46.3 Å². The second kappa shape index (κ2) is 6.04. The molecule has 1 amide bonds. The van der Waals surface area contributed by atoms with Crippen LogP contribution in [0.5, 0.6) is 0 Å². The third-order valence-corrected chi connectivity index (χ3v) is 4.89. The second-order valence-corrected chi connectivity index (χ2v) is 6.63. The zero-order valence-corrected chi connectivity index (χ0v) is 13.8. The molecule has 0 aliphatic carbocycles. The number of fused-ring (bicyclic) bond motifs is 2. The Morgan fingerprint density at radius 2 is 1.96 bits per heavy atom. The zero-order valence-electron chi connectivity index (χ0n) is 12.9. The van der Waals surface area contributed by atoms with E-state index in [-0.39, 0.29) is 5.56 Å². The molecule has 2 N–H and O–H groups in total. The minimum Gasteiger partial charge on any atom is -0.369 e. The third kappa shape index (κ3) is 2.82. The first-order valence-electron chi connectivity index (χ1n) is 7.40. The van der Waals surface area contributed by atoms with Crippen LogP contribution in [0.2, 0.25) is 0 Å². The highest BCUT2D eigenvalue weighted by atomic mass is 32.2. The summed E-state index contributed by atoms with van der Waals surface area (Å²) in [4.78, 5) is 28.7. The number of hydrogen-bond acceptors (Lipinski definition) is 4. The highest BCUT2D eigenvalue weighted by Gasteiger charge is 2.17. The van der Waals surface area contributed by atoms with Crippen molar-refractivity contribution in [1.82, 2.24) is 9.55 Å². The van der Waals surface area contributed by atoms with E-state index in [0.29, 0.717) is 22.6 Å². The zero-order chi connectivity index (χ0) is 16.6. The van der Waals surface area contributed by atoms with E-state index in [9.17, 15) is 9.59 Å². The number of benzene rings is 2. The van der Waals surface area contributed by atoms with Crippen molar-refractivity contribution in [2.24, 2.45) is 5.73 Å². The van der Waals surface area contributed by atoms with Gasteiger partial charge in [-0.25, -0.2) is 4.98 Å². The average Bonchev–Trinajstić information content (AvgIpc) is 2.53. The number of carbonyl (C=O) groups excluding carboxylic acids is 1. The van der Waals surface area contributed by atoms with Crippen molar-refractivity contribution in [2.45, 2.75) is 30.8 Å². The summed E-state index contributed by atoms with van der Waals surface area (Å²) in [5.74, 6) is -0.425. The van der Waals surface area contributed by atoms with Crippen molar-refractivity contribution in [2.75, 3.05) is 0 Å². The van der Waals surface area contributed by atoms with Gasteiger partial charge >= 0.3 is 0 Å². The van der Waals surface area contributed by atoms with Crippen molar-refractivity contribution < 1.29 is 4.79 Å². The smallest absolute Gasteiger partial charge is 0.262 e. The molecular formula is C17H17N3O2S. The molecular weight excluding hydrogens is 310 g/mol. The summed E-state index contributed by atoms with van der Waals surface area (Å²) in [6.07, 6.45) is 0. The molecule has 0 saturated heterocycles. The van der Waals surface area contributed by atoms with Gasteiger partial charge in [-0.05, 0) is 36.8 Å². The summed E-state index contributed by atoms with van der Waals surface area (Å²) in [6.45, 7) is 4.08. The van der Waals surface area contributed by atoms with E-state index in [4.69, 9.17) is 5.73 Å². The fourth-order valence-corrected chi connectivity index (χ4v) is 3.40. The lowest BCUT2D eigenvalue weighted by Crippen LogP contribution is -2.26. The molecule has 0 unspecified atom stereocenters. The molecule has 0 aliphatic heterocycles. The predicted molar refractivity (Wildman–Crippen MR) is 93.7 cm³/mol. The topological polar surface area (TPSA) is 78.0 Å². The van der Waals surface area contributed by atoms with E-state index in [1.54, 1.807) is 11.5 Å². The SMILES string of the molecule is CCn1c(S[C@H](C)C(N)=O)nc2cc3ccccc3cc2c1=O. The lowest BCUT2D eigenvalue weighted by atomic mass is 10.1. The summed E-state index contributed by atoms with van der Waals surface area (Å²) >= 11 is 1.21.